The minimum absolute atomic E-state index is 0.0972. The maximum atomic E-state index is 14.7. The van der Waals surface area contributed by atoms with Crippen molar-refractivity contribution < 1.29 is 32.9 Å². The van der Waals surface area contributed by atoms with E-state index in [1.165, 1.54) is 17.8 Å². The van der Waals surface area contributed by atoms with Gasteiger partial charge in [-0.3, -0.25) is 4.79 Å². The number of aliphatic hydroxyl groups is 2. The highest BCUT2D eigenvalue weighted by Crippen LogP contribution is 2.42. The summed E-state index contributed by atoms with van der Waals surface area (Å²) in [4.78, 5) is 22.0. The predicted molar refractivity (Wildman–Crippen MR) is 115 cm³/mol. The van der Waals surface area contributed by atoms with E-state index in [0.717, 1.165) is 6.07 Å². The number of aliphatic hydroxyl groups excluding tert-OH is 1. The van der Waals surface area contributed by atoms with Crippen LogP contribution in [0.4, 0.5) is 13.2 Å². The highest BCUT2D eigenvalue weighted by molar-refractivity contribution is 6.02. The van der Waals surface area contributed by atoms with Crippen molar-refractivity contribution in [2.75, 3.05) is 0 Å². The van der Waals surface area contributed by atoms with Crippen molar-refractivity contribution >= 4 is 16.8 Å². The molecule has 0 unspecified atom stereocenters. The van der Waals surface area contributed by atoms with Gasteiger partial charge in [0, 0.05) is 17.1 Å². The Balaban J connectivity index is 1.57. The highest BCUT2D eigenvalue weighted by Gasteiger charge is 2.56. The fourth-order valence-electron chi connectivity index (χ4n) is 5.09. The minimum atomic E-state index is -3.10. The molecule has 2 N–H and O–H groups in total. The molecule has 0 amide bonds. The molecule has 34 heavy (non-hydrogen) atoms. The van der Waals surface area contributed by atoms with Gasteiger partial charge in [0.1, 0.15) is 29.5 Å². The van der Waals surface area contributed by atoms with Gasteiger partial charge >= 0.3 is 0 Å². The van der Waals surface area contributed by atoms with E-state index in [1.54, 1.807) is 19.2 Å². The van der Waals surface area contributed by atoms with Crippen molar-refractivity contribution in [2.45, 2.75) is 70.0 Å². The summed E-state index contributed by atoms with van der Waals surface area (Å²) in [6.07, 6.45) is -2.47. The first-order valence-corrected chi connectivity index (χ1v) is 11.1. The second-order valence-electron chi connectivity index (χ2n) is 9.15. The second-order valence-corrected chi connectivity index (χ2v) is 9.15. The molecule has 1 aromatic carbocycles. The molecular formula is C24H24F3N3O4. The number of rotatable bonds is 4. The fourth-order valence-corrected chi connectivity index (χ4v) is 5.09. The monoisotopic (exact) mass is 475 g/mol. The lowest BCUT2D eigenvalue weighted by molar-refractivity contribution is -0.0551. The van der Waals surface area contributed by atoms with E-state index in [-0.39, 0.29) is 17.5 Å². The van der Waals surface area contributed by atoms with Crippen molar-refractivity contribution in [3.8, 4) is 0 Å². The molecule has 1 saturated heterocycles. The van der Waals surface area contributed by atoms with E-state index in [1.807, 2.05) is 0 Å². The lowest BCUT2D eigenvalue weighted by Gasteiger charge is -2.27. The summed E-state index contributed by atoms with van der Waals surface area (Å²) in [5, 5.41) is 22.8. The zero-order valence-electron chi connectivity index (χ0n) is 18.6. The van der Waals surface area contributed by atoms with Crippen molar-refractivity contribution in [1.82, 2.24) is 14.5 Å². The first-order chi connectivity index (χ1) is 16.1. The Morgan fingerprint density at radius 2 is 1.97 bits per heavy atom. The van der Waals surface area contributed by atoms with Crippen LogP contribution in [-0.2, 0) is 17.6 Å². The van der Waals surface area contributed by atoms with E-state index in [2.05, 4.69) is 9.97 Å². The van der Waals surface area contributed by atoms with Crippen LogP contribution in [0.25, 0.3) is 11.0 Å². The Morgan fingerprint density at radius 3 is 2.68 bits per heavy atom. The van der Waals surface area contributed by atoms with Crippen LogP contribution in [0.1, 0.15) is 65.2 Å². The molecule has 2 aliphatic rings. The predicted octanol–water partition coefficient (Wildman–Crippen LogP) is 3.59. The fraction of sp³-hybridized carbons (Fsp3) is 0.458. The SMILES string of the molecule is Cc1ncnc2c1ccn2[C@@H]1O[C@H](C(=O)c2cc(C(F)F)c(F)c3c2CCCC3)[C@@](C)(O)[C@H]1O. The van der Waals surface area contributed by atoms with Crippen LogP contribution < -0.4 is 0 Å². The number of ketones is 1. The molecule has 0 radical (unpaired) electrons. The third kappa shape index (κ3) is 3.35. The molecule has 1 fully saturated rings. The van der Waals surface area contributed by atoms with Crippen molar-refractivity contribution in [2.24, 2.45) is 0 Å². The number of carbonyl (C=O) groups excluding carboxylic acids is 1. The number of carbonyl (C=O) groups is 1. The Kier molecular flexibility index (Phi) is 5.50. The standard InChI is InChI=1S/C24H24F3N3O4/c1-11-12-7-8-30(22(12)29-10-28-11)23-19(32)24(2,33)20(34-23)18(31)15-9-16(21(26)27)17(25)14-6-4-3-5-13(14)15/h7-10,19-21,23,32-33H,3-6H2,1-2H3/t19-,20+,23+,24-/m0/s1. The topological polar surface area (TPSA) is 97.5 Å². The summed E-state index contributed by atoms with van der Waals surface area (Å²) in [5.74, 6) is -1.75. The third-order valence-corrected chi connectivity index (χ3v) is 7.01. The van der Waals surface area contributed by atoms with Crippen LogP contribution in [0.15, 0.2) is 24.7 Å². The Morgan fingerprint density at radius 1 is 1.26 bits per heavy atom. The molecule has 4 atom stereocenters. The van der Waals surface area contributed by atoms with Gasteiger partial charge in [-0.1, -0.05) is 0 Å². The summed E-state index contributed by atoms with van der Waals surface area (Å²) in [7, 11) is 0. The zero-order valence-corrected chi connectivity index (χ0v) is 18.6. The van der Waals surface area contributed by atoms with Crippen LogP contribution >= 0.6 is 0 Å². The number of Topliss-reactive ketones (excluding diaryl/α,β-unsaturated/α-hetero) is 1. The zero-order chi connectivity index (χ0) is 24.4. The molecule has 3 aromatic rings. The minimum Gasteiger partial charge on any atom is -0.385 e. The van der Waals surface area contributed by atoms with Gasteiger partial charge in [-0.2, -0.15) is 0 Å². The molecule has 0 bridgehead atoms. The first kappa shape index (κ1) is 22.9. The lowest BCUT2D eigenvalue weighted by atomic mass is 9.81. The number of alkyl halides is 2. The van der Waals surface area contributed by atoms with Gasteiger partial charge in [-0.05, 0) is 62.8 Å². The molecule has 1 aliphatic heterocycles. The summed E-state index contributed by atoms with van der Waals surface area (Å²) in [5.41, 5.74) is -1.35. The van der Waals surface area contributed by atoms with Crippen molar-refractivity contribution in [3.05, 3.63) is 58.4 Å². The Labute approximate surface area is 193 Å². The molecule has 180 valence electrons. The van der Waals surface area contributed by atoms with Crippen molar-refractivity contribution in [3.63, 3.8) is 0 Å². The number of fused-ring (bicyclic) bond motifs is 2. The number of aryl methyl sites for hydroxylation is 1. The molecule has 2 aromatic heterocycles. The van der Waals surface area contributed by atoms with Gasteiger partial charge in [0.15, 0.2) is 18.1 Å². The number of halogens is 3. The van der Waals surface area contributed by atoms with Crippen LogP contribution in [-0.4, -0.2) is 48.3 Å². The molecule has 1 aliphatic carbocycles. The van der Waals surface area contributed by atoms with Gasteiger partial charge in [0.25, 0.3) is 6.43 Å². The number of nitrogens with zero attached hydrogens (tertiary/aromatic N) is 3. The molecule has 10 heteroatoms. The number of benzene rings is 1. The van der Waals surface area contributed by atoms with E-state index < -0.39 is 47.6 Å². The largest absolute Gasteiger partial charge is 0.385 e. The van der Waals surface area contributed by atoms with Crippen LogP contribution in [0, 0.1) is 12.7 Å². The van der Waals surface area contributed by atoms with Crippen LogP contribution in [0.2, 0.25) is 0 Å². The highest BCUT2D eigenvalue weighted by atomic mass is 19.3. The average Bonchev–Trinajstić information content (AvgIpc) is 3.33. The second kappa shape index (κ2) is 8.14. The van der Waals surface area contributed by atoms with Crippen LogP contribution in [0.5, 0.6) is 0 Å². The quantitative estimate of drug-likeness (QED) is 0.560. The van der Waals surface area contributed by atoms with Gasteiger partial charge in [0.2, 0.25) is 0 Å². The molecule has 3 heterocycles. The van der Waals surface area contributed by atoms with Gasteiger partial charge in [0.05, 0.1) is 11.3 Å². The molecule has 0 spiro atoms. The van der Waals surface area contributed by atoms with Gasteiger partial charge in [-0.25, -0.2) is 23.1 Å². The number of hydrogen-bond acceptors (Lipinski definition) is 6. The van der Waals surface area contributed by atoms with Gasteiger partial charge < -0.3 is 19.5 Å². The van der Waals surface area contributed by atoms with E-state index in [9.17, 15) is 28.2 Å². The lowest BCUT2D eigenvalue weighted by Crippen LogP contribution is -2.48. The van der Waals surface area contributed by atoms with E-state index in [4.69, 9.17) is 4.74 Å². The van der Waals surface area contributed by atoms with Gasteiger partial charge in [-0.15, -0.1) is 0 Å². The normalized spacial score (nSPS) is 26.9. The smallest absolute Gasteiger partial charge is 0.266 e. The summed E-state index contributed by atoms with van der Waals surface area (Å²) < 4.78 is 49.3. The third-order valence-electron chi connectivity index (χ3n) is 7.01. The van der Waals surface area contributed by atoms with Crippen molar-refractivity contribution in [1.29, 1.82) is 0 Å². The van der Waals surface area contributed by atoms with E-state index >= 15 is 0 Å². The summed E-state index contributed by atoms with van der Waals surface area (Å²) in [6.45, 7) is 3.05. The molecular weight excluding hydrogens is 451 g/mol. The Hall–Kier alpha value is -2.82. The number of hydrogen-bond donors (Lipinski definition) is 2. The summed E-state index contributed by atoms with van der Waals surface area (Å²) in [6, 6.07) is 2.60. The molecule has 0 saturated carbocycles. The molecule has 5 rings (SSSR count). The maximum absolute atomic E-state index is 14.7. The van der Waals surface area contributed by atoms with E-state index in [0.29, 0.717) is 41.6 Å². The number of aromatic nitrogens is 3. The first-order valence-electron chi connectivity index (χ1n) is 11.1. The Bertz CT molecular complexity index is 1290. The maximum Gasteiger partial charge on any atom is 0.266 e. The number of ether oxygens (including phenoxy) is 1. The van der Waals surface area contributed by atoms with Crippen LogP contribution in [0.3, 0.4) is 0 Å². The molecule has 7 nitrogen and oxygen atoms in total. The summed E-state index contributed by atoms with van der Waals surface area (Å²) >= 11 is 0. The average molecular weight is 475 g/mol.